The Morgan fingerprint density at radius 1 is 1.07 bits per heavy atom. The molecule has 1 aliphatic heterocycles. The molecular weight excluding hydrogens is 342 g/mol. The molecule has 3 amide bonds. The molecule has 2 aromatic rings. The first-order valence-electron chi connectivity index (χ1n) is 9.15. The zero-order valence-electron chi connectivity index (χ0n) is 15.5. The summed E-state index contributed by atoms with van der Waals surface area (Å²) in [6, 6.07) is 13.1. The summed E-state index contributed by atoms with van der Waals surface area (Å²) in [5, 5.41) is 5.60. The summed E-state index contributed by atoms with van der Waals surface area (Å²) in [6.07, 6.45) is 3.39. The van der Waals surface area contributed by atoms with Crippen LogP contribution >= 0.6 is 0 Å². The van der Waals surface area contributed by atoms with Gasteiger partial charge in [0.15, 0.2) is 0 Å². The third kappa shape index (κ3) is 5.20. The van der Waals surface area contributed by atoms with Crippen LogP contribution in [0.4, 0.5) is 10.5 Å². The Morgan fingerprint density at radius 2 is 1.81 bits per heavy atom. The molecule has 7 nitrogen and oxygen atoms in total. The van der Waals surface area contributed by atoms with Crippen LogP contribution in [0.3, 0.4) is 0 Å². The predicted molar refractivity (Wildman–Crippen MR) is 104 cm³/mol. The number of benzene rings is 1. The van der Waals surface area contributed by atoms with E-state index in [1.807, 2.05) is 30.3 Å². The fraction of sp³-hybridized carbons (Fsp3) is 0.350. The smallest absolute Gasteiger partial charge is 0.318 e. The molecule has 1 atom stereocenters. The number of para-hydroxylation sites is 1. The standard InChI is InChI=1S/C20H25N5O2/c1-16(19(26)22-15-17-6-5-9-21-14-17)23-20(27)25-12-10-24(11-13-25)18-7-3-2-4-8-18/h2-9,14,16H,10-13,15H2,1H3,(H,22,26)(H,23,27)/t16-/m0/s1. The van der Waals surface area contributed by atoms with Gasteiger partial charge < -0.3 is 20.4 Å². The van der Waals surface area contributed by atoms with Crippen molar-refractivity contribution >= 4 is 17.6 Å². The molecule has 3 rings (SSSR count). The van der Waals surface area contributed by atoms with E-state index in [2.05, 4.69) is 32.7 Å². The Labute approximate surface area is 159 Å². The van der Waals surface area contributed by atoms with Gasteiger partial charge in [-0.05, 0) is 30.7 Å². The van der Waals surface area contributed by atoms with Crippen molar-refractivity contribution < 1.29 is 9.59 Å². The van der Waals surface area contributed by atoms with Crippen LogP contribution in [0.2, 0.25) is 0 Å². The summed E-state index contributed by atoms with van der Waals surface area (Å²) in [7, 11) is 0. The van der Waals surface area contributed by atoms with Gasteiger partial charge in [-0.3, -0.25) is 9.78 Å². The maximum atomic E-state index is 12.4. The first-order valence-corrected chi connectivity index (χ1v) is 9.15. The molecule has 0 aliphatic carbocycles. The van der Waals surface area contributed by atoms with Gasteiger partial charge in [-0.25, -0.2) is 4.79 Å². The van der Waals surface area contributed by atoms with Gasteiger partial charge in [-0.2, -0.15) is 0 Å². The van der Waals surface area contributed by atoms with Gasteiger partial charge in [0.1, 0.15) is 6.04 Å². The lowest BCUT2D eigenvalue weighted by atomic mass is 10.2. The minimum absolute atomic E-state index is 0.202. The topological polar surface area (TPSA) is 77.6 Å². The van der Waals surface area contributed by atoms with E-state index < -0.39 is 6.04 Å². The number of pyridine rings is 1. The number of hydrogen-bond acceptors (Lipinski definition) is 4. The van der Waals surface area contributed by atoms with E-state index >= 15 is 0 Å². The highest BCUT2D eigenvalue weighted by Gasteiger charge is 2.24. The fourth-order valence-electron chi connectivity index (χ4n) is 2.99. The minimum Gasteiger partial charge on any atom is -0.368 e. The SMILES string of the molecule is C[C@H](NC(=O)N1CCN(c2ccccc2)CC1)C(=O)NCc1cccnc1. The molecule has 0 unspecified atom stereocenters. The monoisotopic (exact) mass is 367 g/mol. The Kier molecular flexibility index (Phi) is 6.25. The number of urea groups is 1. The lowest BCUT2D eigenvalue weighted by Crippen LogP contribution is -2.55. The molecule has 0 saturated carbocycles. The van der Waals surface area contributed by atoms with Crippen molar-refractivity contribution in [1.82, 2.24) is 20.5 Å². The Balaban J connectivity index is 1.42. The molecule has 2 N–H and O–H groups in total. The molecule has 2 heterocycles. The van der Waals surface area contributed by atoms with E-state index in [1.54, 1.807) is 24.2 Å². The number of hydrogen-bond donors (Lipinski definition) is 2. The van der Waals surface area contributed by atoms with Crippen molar-refractivity contribution in [3.8, 4) is 0 Å². The lowest BCUT2D eigenvalue weighted by Gasteiger charge is -2.36. The molecule has 0 radical (unpaired) electrons. The number of carbonyl (C=O) groups excluding carboxylic acids is 2. The molecule has 1 aliphatic rings. The average molecular weight is 367 g/mol. The van der Waals surface area contributed by atoms with E-state index in [9.17, 15) is 9.59 Å². The van der Waals surface area contributed by atoms with Crippen molar-refractivity contribution in [2.45, 2.75) is 19.5 Å². The summed E-state index contributed by atoms with van der Waals surface area (Å²) >= 11 is 0. The maximum Gasteiger partial charge on any atom is 0.318 e. The number of anilines is 1. The van der Waals surface area contributed by atoms with Crippen molar-refractivity contribution in [2.75, 3.05) is 31.1 Å². The molecule has 1 saturated heterocycles. The van der Waals surface area contributed by atoms with Crippen LogP contribution in [0, 0.1) is 0 Å². The molecule has 142 valence electrons. The quantitative estimate of drug-likeness (QED) is 0.842. The van der Waals surface area contributed by atoms with Crippen molar-refractivity contribution in [3.05, 3.63) is 60.4 Å². The van der Waals surface area contributed by atoms with Crippen LogP contribution in [-0.4, -0.2) is 54.0 Å². The Hall–Kier alpha value is -3.09. The van der Waals surface area contributed by atoms with Crippen LogP contribution < -0.4 is 15.5 Å². The number of amides is 3. The zero-order chi connectivity index (χ0) is 19.1. The average Bonchev–Trinajstić information content (AvgIpc) is 2.73. The molecule has 0 bridgehead atoms. The number of nitrogens with one attached hydrogen (secondary N) is 2. The Morgan fingerprint density at radius 3 is 2.48 bits per heavy atom. The third-order valence-corrected chi connectivity index (χ3v) is 4.61. The highest BCUT2D eigenvalue weighted by Crippen LogP contribution is 2.15. The summed E-state index contributed by atoms with van der Waals surface area (Å²) in [4.78, 5) is 32.7. The van der Waals surface area contributed by atoms with E-state index in [0.29, 0.717) is 19.6 Å². The molecular formula is C20H25N5O2. The largest absolute Gasteiger partial charge is 0.368 e. The fourth-order valence-corrected chi connectivity index (χ4v) is 2.99. The van der Waals surface area contributed by atoms with Crippen LogP contribution in [-0.2, 0) is 11.3 Å². The summed E-state index contributed by atoms with van der Waals surface area (Å²) < 4.78 is 0. The van der Waals surface area contributed by atoms with Crippen LogP contribution in [0.1, 0.15) is 12.5 Å². The van der Waals surface area contributed by atoms with E-state index in [-0.39, 0.29) is 11.9 Å². The maximum absolute atomic E-state index is 12.4. The normalized spacial score (nSPS) is 15.1. The van der Waals surface area contributed by atoms with E-state index in [1.165, 1.54) is 5.69 Å². The summed E-state index contributed by atoms with van der Waals surface area (Å²) in [6.45, 7) is 4.90. The molecule has 7 heteroatoms. The summed E-state index contributed by atoms with van der Waals surface area (Å²) in [5.41, 5.74) is 2.09. The van der Waals surface area contributed by atoms with Gasteiger partial charge in [0.25, 0.3) is 0 Å². The number of carbonyl (C=O) groups is 2. The van der Waals surface area contributed by atoms with Crippen molar-refractivity contribution in [1.29, 1.82) is 0 Å². The van der Waals surface area contributed by atoms with Gasteiger partial charge in [0.05, 0.1) is 0 Å². The second-order valence-corrected chi connectivity index (χ2v) is 6.56. The zero-order valence-corrected chi connectivity index (χ0v) is 15.5. The molecule has 1 aromatic heterocycles. The van der Waals surface area contributed by atoms with Crippen molar-refractivity contribution in [3.63, 3.8) is 0 Å². The summed E-state index contributed by atoms with van der Waals surface area (Å²) in [5.74, 6) is -0.213. The number of piperazine rings is 1. The molecule has 27 heavy (non-hydrogen) atoms. The second-order valence-electron chi connectivity index (χ2n) is 6.56. The van der Waals surface area contributed by atoms with Gasteiger partial charge in [-0.1, -0.05) is 24.3 Å². The molecule has 1 aromatic carbocycles. The van der Waals surface area contributed by atoms with Crippen LogP contribution in [0.25, 0.3) is 0 Å². The van der Waals surface area contributed by atoms with Gasteiger partial charge >= 0.3 is 6.03 Å². The number of nitrogens with zero attached hydrogens (tertiary/aromatic N) is 3. The van der Waals surface area contributed by atoms with Crippen LogP contribution in [0.15, 0.2) is 54.9 Å². The van der Waals surface area contributed by atoms with Gasteiger partial charge in [0, 0.05) is 50.8 Å². The van der Waals surface area contributed by atoms with E-state index in [0.717, 1.165) is 18.7 Å². The second kappa shape index (κ2) is 9.02. The highest BCUT2D eigenvalue weighted by atomic mass is 16.2. The number of aromatic nitrogens is 1. The van der Waals surface area contributed by atoms with E-state index in [4.69, 9.17) is 0 Å². The lowest BCUT2D eigenvalue weighted by molar-refractivity contribution is -0.122. The van der Waals surface area contributed by atoms with Crippen molar-refractivity contribution in [2.24, 2.45) is 0 Å². The highest BCUT2D eigenvalue weighted by molar-refractivity contribution is 5.86. The molecule has 1 fully saturated rings. The van der Waals surface area contributed by atoms with Gasteiger partial charge in [0.2, 0.25) is 5.91 Å². The predicted octanol–water partition coefficient (Wildman–Crippen LogP) is 1.62. The van der Waals surface area contributed by atoms with Crippen LogP contribution in [0.5, 0.6) is 0 Å². The Bertz CT molecular complexity index is 745. The first-order chi connectivity index (χ1) is 13.1. The third-order valence-electron chi connectivity index (χ3n) is 4.61. The minimum atomic E-state index is -0.596. The first kappa shape index (κ1) is 18.7. The molecule has 0 spiro atoms. The number of rotatable bonds is 5. The van der Waals surface area contributed by atoms with Gasteiger partial charge in [-0.15, -0.1) is 0 Å².